The summed E-state index contributed by atoms with van der Waals surface area (Å²) < 4.78 is 4.33. The molecule has 0 unspecified atom stereocenters. The van der Waals surface area contributed by atoms with Crippen molar-refractivity contribution in [3.8, 4) is 22.3 Å². The zero-order chi connectivity index (χ0) is 35.5. The number of anilines is 4. The van der Waals surface area contributed by atoms with Crippen molar-refractivity contribution in [2.24, 2.45) is 0 Å². The molecular formula is C38H36N8O2S2. The highest BCUT2D eigenvalue weighted by Crippen LogP contribution is 2.49. The van der Waals surface area contributed by atoms with E-state index in [-0.39, 0.29) is 11.8 Å². The number of benzene rings is 2. The Kier molecular flexibility index (Phi) is 8.19. The van der Waals surface area contributed by atoms with Crippen LogP contribution in [0, 0.1) is 27.7 Å². The minimum absolute atomic E-state index is 0.0501. The molecule has 2 aliphatic heterocycles. The maximum absolute atomic E-state index is 13.1. The van der Waals surface area contributed by atoms with Gasteiger partial charge in [-0.3, -0.25) is 19.4 Å². The van der Waals surface area contributed by atoms with Crippen molar-refractivity contribution >= 4 is 56.2 Å². The minimum Gasteiger partial charge on any atom is -0.273 e. The lowest BCUT2D eigenvalue weighted by Crippen LogP contribution is -2.33. The summed E-state index contributed by atoms with van der Waals surface area (Å²) >= 11 is 2.87. The highest BCUT2D eigenvalue weighted by atomic mass is 32.1. The molecule has 0 bridgehead atoms. The molecule has 0 saturated carbocycles. The quantitative estimate of drug-likeness (QED) is 0.180. The number of fused-ring (bicyclic) bond motifs is 2. The smallest absolute Gasteiger partial charge is 0.243 e. The number of hydrogen-bond donors (Lipinski definition) is 0. The third-order valence-electron chi connectivity index (χ3n) is 9.16. The summed E-state index contributed by atoms with van der Waals surface area (Å²) in [6.45, 7) is 15.5. The van der Waals surface area contributed by atoms with Crippen LogP contribution in [-0.4, -0.2) is 41.1 Å². The standard InChI is InChI=1S/2C19H18N4OS/c1-11-8-22-18(25-11)23-16-7-13(14-9-20-12(2)21-10-14)5-6-15(16)19(3,4)17(23)24;1-11-7-17(25-22-11)23-16-8-13(14-9-20-12(2)21-10-14)5-6-15(16)19(3,4)18(23)24/h2*5-10H,1-4H3. The molecule has 2 aliphatic rings. The van der Waals surface area contributed by atoms with Crippen LogP contribution in [0.3, 0.4) is 0 Å². The predicted octanol–water partition coefficient (Wildman–Crippen LogP) is 8.35. The summed E-state index contributed by atoms with van der Waals surface area (Å²) in [5.41, 5.74) is 7.49. The van der Waals surface area contributed by atoms with Gasteiger partial charge in [0.25, 0.3) is 0 Å². The van der Waals surface area contributed by atoms with Crippen LogP contribution in [0.2, 0.25) is 0 Å². The van der Waals surface area contributed by atoms with Crippen LogP contribution in [0.25, 0.3) is 22.3 Å². The Labute approximate surface area is 299 Å². The second kappa shape index (κ2) is 12.3. The zero-order valence-corrected chi connectivity index (χ0v) is 30.8. The summed E-state index contributed by atoms with van der Waals surface area (Å²) in [4.78, 5) is 52.2. The molecule has 4 aromatic heterocycles. The topological polar surface area (TPSA) is 118 Å². The van der Waals surface area contributed by atoms with Gasteiger partial charge >= 0.3 is 0 Å². The van der Waals surface area contributed by atoms with Crippen molar-refractivity contribution < 1.29 is 9.59 Å². The molecule has 0 saturated heterocycles. The molecule has 252 valence electrons. The van der Waals surface area contributed by atoms with Gasteiger partial charge in [-0.15, -0.1) is 11.3 Å². The largest absolute Gasteiger partial charge is 0.273 e. The van der Waals surface area contributed by atoms with Crippen LogP contribution in [-0.2, 0) is 20.4 Å². The number of thiazole rings is 1. The van der Waals surface area contributed by atoms with E-state index in [1.807, 2.05) is 123 Å². The molecule has 10 nitrogen and oxygen atoms in total. The van der Waals surface area contributed by atoms with E-state index in [1.165, 1.54) is 22.9 Å². The van der Waals surface area contributed by atoms with E-state index in [0.717, 1.165) is 72.0 Å². The summed E-state index contributed by atoms with van der Waals surface area (Å²) in [7, 11) is 0. The van der Waals surface area contributed by atoms with Crippen LogP contribution in [0.4, 0.5) is 21.5 Å². The number of aromatic nitrogens is 6. The van der Waals surface area contributed by atoms with Crippen molar-refractivity contribution in [2.75, 3.05) is 9.80 Å². The molecule has 0 atom stereocenters. The molecule has 6 heterocycles. The summed E-state index contributed by atoms with van der Waals surface area (Å²) in [5.74, 6) is 1.60. The summed E-state index contributed by atoms with van der Waals surface area (Å²) in [6, 6.07) is 14.2. The Morgan fingerprint density at radius 1 is 0.580 bits per heavy atom. The highest BCUT2D eigenvalue weighted by Gasteiger charge is 2.46. The van der Waals surface area contributed by atoms with E-state index in [2.05, 4.69) is 29.3 Å². The summed E-state index contributed by atoms with van der Waals surface area (Å²) in [6.07, 6.45) is 9.05. The molecule has 50 heavy (non-hydrogen) atoms. The van der Waals surface area contributed by atoms with Crippen LogP contribution in [0.5, 0.6) is 0 Å². The molecule has 2 aromatic carbocycles. The Hall–Kier alpha value is -5.20. The Morgan fingerprint density at radius 2 is 1.06 bits per heavy atom. The number of carbonyl (C=O) groups excluding carboxylic acids is 2. The summed E-state index contributed by atoms with van der Waals surface area (Å²) in [5, 5.41) is 1.57. The number of hydrogen-bond acceptors (Lipinski definition) is 10. The van der Waals surface area contributed by atoms with Gasteiger partial charge in [-0.2, -0.15) is 4.37 Å². The number of amides is 2. The fourth-order valence-electron chi connectivity index (χ4n) is 6.25. The fourth-order valence-corrected chi connectivity index (χ4v) is 7.80. The molecule has 8 rings (SSSR count). The molecule has 0 spiro atoms. The van der Waals surface area contributed by atoms with Crippen molar-refractivity contribution in [2.45, 2.75) is 66.2 Å². The van der Waals surface area contributed by atoms with Crippen LogP contribution >= 0.6 is 22.9 Å². The first-order valence-electron chi connectivity index (χ1n) is 16.2. The van der Waals surface area contributed by atoms with Gasteiger partial charge in [-0.1, -0.05) is 24.3 Å². The second-order valence-corrected chi connectivity index (χ2v) is 15.6. The third-order valence-corrected chi connectivity index (χ3v) is 10.9. The SMILES string of the molecule is Cc1cc(N2C(=O)C(C)(C)c3ccc(-c4cnc(C)nc4)cc32)sn1.Cc1ncc(-c2ccc3c(c2)N(c2ncc(C)s2)C(=O)C3(C)C)cn1. The van der Waals surface area contributed by atoms with Crippen molar-refractivity contribution in [1.29, 1.82) is 0 Å². The molecule has 12 heteroatoms. The van der Waals surface area contributed by atoms with Crippen molar-refractivity contribution in [3.05, 3.63) is 107 Å². The van der Waals surface area contributed by atoms with Crippen LogP contribution in [0.1, 0.15) is 61.0 Å². The van der Waals surface area contributed by atoms with Gasteiger partial charge in [-0.05, 0) is 107 Å². The van der Waals surface area contributed by atoms with E-state index in [4.69, 9.17) is 0 Å². The van der Waals surface area contributed by atoms with Crippen molar-refractivity contribution in [1.82, 2.24) is 29.3 Å². The monoisotopic (exact) mass is 700 g/mol. The van der Waals surface area contributed by atoms with Gasteiger partial charge in [0.2, 0.25) is 11.8 Å². The first-order chi connectivity index (χ1) is 23.8. The van der Waals surface area contributed by atoms with E-state index in [9.17, 15) is 9.59 Å². The van der Waals surface area contributed by atoms with Gasteiger partial charge in [-0.25, -0.2) is 24.9 Å². The first-order valence-corrected chi connectivity index (χ1v) is 17.8. The highest BCUT2D eigenvalue weighted by molar-refractivity contribution is 7.15. The van der Waals surface area contributed by atoms with Gasteiger partial charge in [0.1, 0.15) is 16.6 Å². The van der Waals surface area contributed by atoms with E-state index in [0.29, 0.717) is 5.13 Å². The van der Waals surface area contributed by atoms with Crippen molar-refractivity contribution in [3.63, 3.8) is 0 Å². The molecule has 0 aliphatic carbocycles. The average molecular weight is 701 g/mol. The number of nitrogens with zero attached hydrogens (tertiary/aromatic N) is 8. The number of carbonyl (C=O) groups is 2. The molecule has 0 N–H and O–H groups in total. The molecule has 2 amide bonds. The number of rotatable bonds is 4. The van der Waals surface area contributed by atoms with E-state index >= 15 is 0 Å². The van der Waals surface area contributed by atoms with Crippen LogP contribution < -0.4 is 9.80 Å². The Bertz CT molecular complexity index is 2110. The van der Waals surface area contributed by atoms with E-state index < -0.39 is 10.8 Å². The molecule has 6 aromatic rings. The Balaban J connectivity index is 0.000000157. The first kappa shape index (κ1) is 33.3. The minimum atomic E-state index is -0.572. The molecular weight excluding hydrogens is 665 g/mol. The maximum atomic E-state index is 13.1. The second-order valence-electron chi connectivity index (χ2n) is 13.6. The average Bonchev–Trinajstić information content (AvgIpc) is 3.81. The predicted molar refractivity (Wildman–Crippen MR) is 198 cm³/mol. The van der Waals surface area contributed by atoms with E-state index in [1.54, 1.807) is 16.0 Å². The zero-order valence-electron chi connectivity index (χ0n) is 29.1. The third kappa shape index (κ3) is 5.67. The lowest BCUT2D eigenvalue weighted by molar-refractivity contribution is -0.122. The lowest BCUT2D eigenvalue weighted by atomic mass is 9.85. The fraction of sp³-hybridized carbons (Fsp3) is 0.263. The van der Waals surface area contributed by atoms with Gasteiger partial charge in [0, 0.05) is 47.0 Å². The molecule has 0 fully saturated rings. The normalized spacial score (nSPS) is 15.5. The lowest BCUT2D eigenvalue weighted by Gasteiger charge is -2.18. The van der Waals surface area contributed by atoms with Gasteiger partial charge in [0.15, 0.2) is 5.13 Å². The van der Waals surface area contributed by atoms with Gasteiger partial charge < -0.3 is 0 Å². The number of aryl methyl sites for hydroxylation is 4. The van der Waals surface area contributed by atoms with Gasteiger partial charge in [0.05, 0.1) is 27.9 Å². The van der Waals surface area contributed by atoms with Crippen LogP contribution in [0.15, 0.2) is 73.4 Å². The molecule has 0 radical (unpaired) electrons. The maximum Gasteiger partial charge on any atom is 0.243 e. The Morgan fingerprint density at radius 3 is 1.50 bits per heavy atom.